The number of amides is 2. The van der Waals surface area contributed by atoms with Crippen LogP contribution in [0.15, 0.2) is 84.9 Å². The van der Waals surface area contributed by atoms with E-state index in [1.807, 2.05) is 36.4 Å². The summed E-state index contributed by atoms with van der Waals surface area (Å²) in [4.78, 5) is 27.0. The summed E-state index contributed by atoms with van der Waals surface area (Å²) in [6.07, 6.45) is 2.12. The molecule has 5 nitrogen and oxygen atoms in total. The summed E-state index contributed by atoms with van der Waals surface area (Å²) >= 11 is 0. The monoisotopic (exact) mass is 413 g/mol. The van der Waals surface area contributed by atoms with E-state index in [1.165, 1.54) is 0 Å². The Morgan fingerprint density at radius 3 is 1.84 bits per heavy atom. The van der Waals surface area contributed by atoms with Crippen molar-refractivity contribution in [1.82, 2.24) is 10.2 Å². The van der Waals surface area contributed by atoms with Crippen molar-refractivity contribution in [1.29, 1.82) is 0 Å². The van der Waals surface area contributed by atoms with Crippen molar-refractivity contribution in [2.45, 2.75) is 32.0 Å². The molecule has 0 bridgehead atoms. The third kappa shape index (κ3) is 6.52. The molecule has 0 aromatic heterocycles. The lowest BCUT2D eigenvalue weighted by molar-refractivity contribution is -0.117. The molecule has 0 heterocycles. The van der Waals surface area contributed by atoms with Crippen LogP contribution in [0.1, 0.15) is 34.3 Å². The van der Waals surface area contributed by atoms with Crippen molar-refractivity contribution >= 4 is 17.5 Å². The number of nitrogens with zero attached hydrogens (tertiary/aromatic N) is 1. The average molecular weight is 414 g/mol. The van der Waals surface area contributed by atoms with E-state index in [4.69, 9.17) is 0 Å². The predicted octanol–water partition coefficient (Wildman–Crippen LogP) is 4.22. The third-order valence-electron chi connectivity index (χ3n) is 5.21. The first kappa shape index (κ1) is 20.8. The van der Waals surface area contributed by atoms with Crippen LogP contribution in [0, 0.1) is 0 Å². The van der Waals surface area contributed by atoms with E-state index in [9.17, 15) is 9.59 Å². The van der Waals surface area contributed by atoms with Gasteiger partial charge in [0.25, 0.3) is 5.91 Å². The second-order valence-electron chi connectivity index (χ2n) is 7.99. The largest absolute Gasteiger partial charge is 0.349 e. The SMILES string of the molecule is O=C(CN(Cc1ccccc1)Cc1ccccc1)Nc1ccc(C(=O)NC2CC2)cc1. The molecule has 0 unspecified atom stereocenters. The zero-order valence-electron chi connectivity index (χ0n) is 17.5. The molecule has 1 aliphatic rings. The van der Waals surface area contributed by atoms with E-state index in [2.05, 4.69) is 39.8 Å². The minimum atomic E-state index is -0.0814. The quantitative estimate of drug-likeness (QED) is 0.552. The van der Waals surface area contributed by atoms with Gasteiger partial charge in [0.2, 0.25) is 5.91 Å². The molecule has 1 saturated carbocycles. The van der Waals surface area contributed by atoms with Gasteiger partial charge in [-0.1, -0.05) is 60.7 Å². The molecule has 31 heavy (non-hydrogen) atoms. The number of carbonyl (C=O) groups is 2. The third-order valence-corrected chi connectivity index (χ3v) is 5.21. The predicted molar refractivity (Wildman–Crippen MR) is 123 cm³/mol. The van der Waals surface area contributed by atoms with Gasteiger partial charge in [0.1, 0.15) is 0 Å². The molecule has 0 saturated heterocycles. The van der Waals surface area contributed by atoms with Gasteiger partial charge in [-0.15, -0.1) is 0 Å². The molecule has 5 heteroatoms. The van der Waals surface area contributed by atoms with Crippen LogP contribution in [0.3, 0.4) is 0 Å². The average Bonchev–Trinajstić information content (AvgIpc) is 3.59. The van der Waals surface area contributed by atoms with Gasteiger partial charge in [-0.25, -0.2) is 0 Å². The molecule has 0 atom stereocenters. The first-order valence-corrected chi connectivity index (χ1v) is 10.7. The highest BCUT2D eigenvalue weighted by Gasteiger charge is 2.23. The second-order valence-corrected chi connectivity index (χ2v) is 7.99. The Kier molecular flexibility index (Phi) is 6.75. The molecule has 1 aliphatic carbocycles. The molecular weight excluding hydrogens is 386 g/mol. The van der Waals surface area contributed by atoms with Crippen LogP contribution < -0.4 is 10.6 Å². The molecule has 0 radical (unpaired) electrons. The highest BCUT2D eigenvalue weighted by Crippen LogP contribution is 2.20. The highest BCUT2D eigenvalue weighted by molar-refractivity contribution is 5.96. The zero-order chi connectivity index (χ0) is 21.5. The van der Waals surface area contributed by atoms with Gasteiger partial charge in [0.05, 0.1) is 6.54 Å². The summed E-state index contributed by atoms with van der Waals surface area (Å²) < 4.78 is 0. The van der Waals surface area contributed by atoms with Crippen molar-refractivity contribution < 1.29 is 9.59 Å². The minimum absolute atomic E-state index is 0.0581. The topological polar surface area (TPSA) is 61.4 Å². The number of rotatable bonds is 9. The first-order chi connectivity index (χ1) is 15.2. The van der Waals surface area contributed by atoms with Gasteiger partial charge in [0, 0.05) is 30.4 Å². The molecule has 3 aromatic rings. The normalized spacial score (nSPS) is 13.1. The fraction of sp³-hybridized carbons (Fsp3) is 0.231. The Bertz CT molecular complexity index is 958. The summed E-state index contributed by atoms with van der Waals surface area (Å²) in [5, 5.41) is 5.92. The fourth-order valence-electron chi connectivity index (χ4n) is 3.46. The number of carbonyl (C=O) groups excluding carboxylic acids is 2. The Morgan fingerprint density at radius 1 is 0.774 bits per heavy atom. The maximum Gasteiger partial charge on any atom is 0.251 e. The van der Waals surface area contributed by atoms with Gasteiger partial charge in [0.15, 0.2) is 0 Å². The summed E-state index contributed by atoms with van der Waals surface area (Å²) in [7, 11) is 0. The number of benzene rings is 3. The van der Waals surface area contributed by atoms with Crippen molar-refractivity contribution in [3.05, 3.63) is 102 Å². The molecule has 3 aromatic carbocycles. The van der Waals surface area contributed by atoms with Gasteiger partial charge in [-0.05, 0) is 48.2 Å². The van der Waals surface area contributed by atoms with E-state index in [1.54, 1.807) is 24.3 Å². The van der Waals surface area contributed by atoms with Gasteiger partial charge < -0.3 is 10.6 Å². The summed E-state index contributed by atoms with van der Waals surface area (Å²) in [6.45, 7) is 1.64. The lowest BCUT2D eigenvalue weighted by atomic mass is 10.1. The Morgan fingerprint density at radius 2 is 1.32 bits per heavy atom. The van der Waals surface area contributed by atoms with Gasteiger partial charge >= 0.3 is 0 Å². The maximum absolute atomic E-state index is 12.7. The summed E-state index contributed by atoms with van der Waals surface area (Å²) in [5.74, 6) is -0.140. The number of nitrogens with one attached hydrogen (secondary N) is 2. The van der Waals surface area contributed by atoms with Crippen LogP contribution in [0.25, 0.3) is 0 Å². The molecule has 0 spiro atoms. The molecular formula is C26H27N3O2. The molecule has 0 aliphatic heterocycles. The van der Waals surface area contributed by atoms with Crippen molar-refractivity contribution in [2.24, 2.45) is 0 Å². The van der Waals surface area contributed by atoms with E-state index in [-0.39, 0.29) is 18.4 Å². The van der Waals surface area contributed by atoms with Crippen LogP contribution in [0.2, 0.25) is 0 Å². The van der Waals surface area contributed by atoms with Gasteiger partial charge in [-0.2, -0.15) is 0 Å². The van der Waals surface area contributed by atoms with E-state index in [0.29, 0.717) is 30.4 Å². The molecule has 2 amide bonds. The molecule has 4 rings (SSSR count). The maximum atomic E-state index is 12.7. The zero-order valence-corrected chi connectivity index (χ0v) is 17.5. The molecule has 2 N–H and O–H groups in total. The summed E-state index contributed by atoms with van der Waals surface area (Å²) in [6, 6.07) is 27.7. The minimum Gasteiger partial charge on any atom is -0.349 e. The van der Waals surface area contributed by atoms with E-state index >= 15 is 0 Å². The van der Waals surface area contributed by atoms with Crippen molar-refractivity contribution in [3.8, 4) is 0 Å². The smallest absolute Gasteiger partial charge is 0.251 e. The summed E-state index contributed by atoms with van der Waals surface area (Å²) in [5.41, 5.74) is 3.63. The lowest BCUT2D eigenvalue weighted by Gasteiger charge is -2.22. The second kappa shape index (κ2) is 10.0. The van der Waals surface area contributed by atoms with Crippen LogP contribution in [0.5, 0.6) is 0 Å². The highest BCUT2D eigenvalue weighted by atomic mass is 16.2. The van der Waals surface area contributed by atoms with Gasteiger partial charge in [-0.3, -0.25) is 14.5 Å². The van der Waals surface area contributed by atoms with E-state index in [0.717, 1.165) is 24.0 Å². The lowest BCUT2D eigenvalue weighted by Crippen LogP contribution is -2.32. The number of anilines is 1. The Balaban J connectivity index is 1.37. The van der Waals surface area contributed by atoms with Crippen molar-refractivity contribution in [3.63, 3.8) is 0 Å². The standard InChI is InChI=1S/C26H27N3O2/c30-25(27-23-13-11-22(12-14-23)26(31)28-24-15-16-24)19-29(17-20-7-3-1-4-8-20)18-21-9-5-2-6-10-21/h1-14,24H,15-19H2,(H,27,30)(H,28,31). The molecule has 1 fully saturated rings. The van der Waals surface area contributed by atoms with Crippen LogP contribution in [-0.2, 0) is 17.9 Å². The first-order valence-electron chi connectivity index (χ1n) is 10.7. The molecule has 158 valence electrons. The van der Waals surface area contributed by atoms with Crippen molar-refractivity contribution in [2.75, 3.05) is 11.9 Å². The van der Waals surface area contributed by atoms with E-state index < -0.39 is 0 Å². The Labute approximate surface area is 183 Å². The Hall–Kier alpha value is -3.44. The van der Waals surface area contributed by atoms with Crippen LogP contribution in [0.4, 0.5) is 5.69 Å². The number of hydrogen-bond acceptors (Lipinski definition) is 3. The number of hydrogen-bond donors (Lipinski definition) is 2. The fourth-order valence-corrected chi connectivity index (χ4v) is 3.46. The van der Waals surface area contributed by atoms with Crippen LogP contribution >= 0.6 is 0 Å². The van der Waals surface area contributed by atoms with Crippen LogP contribution in [-0.4, -0.2) is 29.3 Å².